The maximum absolute atomic E-state index is 14.5. The predicted molar refractivity (Wildman–Crippen MR) is 114 cm³/mol. The highest BCUT2D eigenvalue weighted by Gasteiger charge is 2.30. The second kappa shape index (κ2) is 8.39. The number of ether oxygens (including phenoxy) is 1. The lowest BCUT2D eigenvalue weighted by Crippen LogP contribution is -2.33. The summed E-state index contributed by atoms with van der Waals surface area (Å²) in [6.07, 6.45) is 2.02. The van der Waals surface area contributed by atoms with Gasteiger partial charge in [-0.1, -0.05) is 12.1 Å². The molecule has 31 heavy (non-hydrogen) atoms. The fraction of sp³-hybridized carbons (Fsp3) is 0.350. The second-order valence-corrected chi connectivity index (χ2v) is 11.1. The first-order valence-corrected chi connectivity index (χ1v) is 11.6. The molecule has 0 aliphatic rings. The number of rotatable bonds is 5. The van der Waals surface area contributed by atoms with Gasteiger partial charge in [-0.05, 0) is 32.9 Å². The van der Waals surface area contributed by atoms with Crippen LogP contribution in [0.5, 0.6) is 0 Å². The van der Waals surface area contributed by atoms with Crippen molar-refractivity contribution in [2.24, 2.45) is 7.05 Å². The molecule has 0 aliphatic heterocycles. The molecular weight excluding hydrogens is 443 g/mol. The molecule has 1 amide bonds. The number of amides is 1. The lowest BCUT2D eigenvalue weighted by atomic mass is 10.1. The van der Waals surface area contributed by atoms with Crippen LogP contribution in [0.3, 0.4) is 0 Å². The van der Waals surface area contributed by atoms with Crippen LogP contribution in [-0.2, 0) is 28.2 Å². The van der Waals surface area contributed by atoms with E-state index in [0.717, 1.165) is 11.3 Å². The molecule has 166 valence electrons. The standard InChI is InChI=1S/C20H23FN4O4S2/c1-20(2,3)29-19(26)24(4)12-16-23-17(14-8-6-7-9-15(14)21)18(30-16)31(27,28)13-10-22-25(5)11-13/h6-11H,12H2,1-5H3. The van der Waals surface area contributed by atoms with Crippen molar-refractivity contribution >= 4 is 27.3 Å². The highest BCUT2D eigenvalue weighted by molar-refractivity contribution is 7.93. The van der Waals surface area contributed by atoms with Crippen LogP contribution in [0.4, 0.5) is 9.18 Å². The molecule has 0 saturated heterocycles. The number of hydrogen-bond acceptors (Lipinski definition) is 7. The van der Waals surface area contributed by atoms with Gasteiger partial charge in [0.1, 0.15) is 27.0 Å². The lowest BCUT2D eigenvalue weighted by Gasteiger charge is -2.24. The molecule has 0 fully saturated rings. The van der Waals surface area contributed by atoms with Gasteiger partial charge in [-0.15, -0.1) is 11.3 Å². The number of aromatic nitrogens is 3. The van der Waals surface area contributed by atoms with Crippen molar-refractivity contribution < 1.29 is 22.3 Å². The van der Waals surface area contributed by atoms with Crippen LogP contribution in [0, 0.1) is 5.82 Å². The minimum Gasteiger partial charge on any atom is -0.444 e. The summed E-state index contributed by atoms with van der Waals surface area (Å²) in [5.74, 6) is -0.595. The Kier molecular flexibility index (Phi) is 6.19. The van der Waals surface area contributed by atoms with Crippen molar-refractivity contribution in [3.8, 4) is 11.3 Å². The van der Waals surface area contributed by atoms with Gasteiger partial charge in [-0.25, -0.2) is 22.6 Å². The first kappa shape index (κ1) is 22.9. The number of benzene rings is 1. The minimum atomic E-state index is -4.01. The SMILES string of the molecule is CN(Cc1nc(-c2ccccc2F)c(S(=O)(=O)c2cnn(C)c2)s1)C(=O)OC(C)(C)C. The zero-order valence-corrected chi connectivity index (χ0v) is 19.4. The van der Waals surface area contributed by atoms with Gasteiger partial charge in [0.05, 0.1) is 12.7 Å². The van der Waals surface area contributed by atoms with Gasteiger partial charge in [0.25, 0.3) is 0 Å². The molecule has 2 aromatic heterocycles. The van der Waals surface area contributed by atoms with Crippen LogP contribution in [0.15, 0.2) is 45.8 Å². The summed E-state index contributed by atoms with van der Waals surface area (Å²) in [7, 11) is -0.883. The predicted octanol–water partition coefficient (Wildman–Crippen LogP) is 3.88. The van der Waals surface area contributed by atoms with Gasteiger partial charge in [0, 0.05) is 25.9 Å². The zero-order valence-electron chi connectivity index (χ0n) is 17.8. The molecule has 11 heteroatoms. The molecule has 8 nitrogen and oxygen atoms in total. The van der Waals surface area contributed by atoms with Crippen LogP contribution in [0.2, 0.25) is 0 Å². The third-order valence-electron chi connectivity index (χ3n) is 4.08. The van der Waals surface area contributed by atoms with E-state index >= 15 is 0 Å². The van der Waals surface area contributed by atoms with Crippen molar-refractivity contribution in [3.05, 3.63) is 47.5 Å². The van der Waals surface area contributed by atoms with E-state index in [1.165, 1.54) is 47.2 Å². The van der Waals surface area contributed by atoms with E-state index in [-0.39, 0.29) is 26.9 Å². The molecule has 0 saturated carbocycles. The van der Waals surface area contributed by atoms with E-state index in [4.69, 9.17) is 4.74 Å². The maximum Gasteiger partial charge on any atom is 0.410 e. The van der Waals surface area contributed by atoms with E-state index in [9.17, 15) is 17.6 Å². The number of aryl methyl sites for hydroxylation is 1. The summed E-state index contributed by atoms with van der Waals surface area (Å²) in [5, 5.41) is 4.25. The van der Waals surface area contributed by atoms with Crippen molar-refractivity contribution in [1.82, 2.24) is 19.7 Å². The fourth-order valence-corrected chi connectivity index (χ4v) is 5.65. The lowest BCUT2D eigenvalue weighted by molar-refractivity contribution is 0.0285. The Morgan fingerprint density at radius 1 is 1.29 bits per heavy atom. The molecule has 1 aromatic carbocycles. The number of nitrogens with zero attached hydrogens (tertiary/aromatic N) is 4. The number of thiazole rings is 1. The van der Waals surface area contributed by atoms with Crippen LogP contribution < -0.4 is 0 Å². The number of carbonyl (C=O) groups excluding carboxylic acids is 1. The quantitative estimate of drug-likeness (QED) is 0.566. The second-order valence-electron chi connectivity index (χ2n) is 7.91. The van der Waals surface area contributed by atoms with Gasteiger partial charge in [-0.3, -0.25) is 4.68 Å². The van der Waals surface area contributed by atoms with E-state index in [1.54, 1.807) is 33.9 Å². The molecule has 0 atom stereocenters. The highest BCUT2D eigenvalue weighted by atomic mass is 32.2. The molecule has 3 aromatic rings. The molecule has 0 N–H and O–H groups in total. The average Bonchev–Trinajstić information content (AvgIpc) is 3.28. The molecular formula is C20H23FN4O4S2. The van der Waals surface area contributed by atoms with Gasteiger partial charge < -0.3 is 9.64 Å². The Morgan fingerprint density at radius 3 is 2.55 bits per heavy atom. The van der Waals surface area contributed by atoms with E-state index in [0.29, 0.717) is 5.01 Å². The van der Waals surface area contributed by atoms with E-state index < -0.39 is 27.3 Å². The first-order valence-electron chi connectivity index (χ1n) is 9.31. The van der Waals surface area contributed by atoms with Gasteiger partial charge in [0.15, 0.2) is 4.21 Å². The monoisotopic (exact) mass is 466 g/mol. The Labute approximate surface area is 184 Å². The van der Waals surface area contributed by atoms with Crippen LogP contribution >= 0.6 is 11.3 Å². The molecule has 2 heterocycles. The highest BCUT2D eigenvalue weighted by Crippen LogP contribution is 2.37. The van der Waals surface area contributed by atoms with E-state index in [2.05, 4.69) is 10.1 Å². The average molecular weight is 467 g/mol. The minimum absolute atomic E-state index is 0.000424. The summed E-state index contributed by atoms with van der Waals surface area (Å²) < 4.78 is 47.6. The van der Waals surface area contributed by atoms with Crippen LogP contribution in [-0.4, -0.2) is 46.8 Å². The third-order valence-corrected chi connectivity index (χ3v) is 7.34. The Bertz CT molecular complexity index is 1210. The Hall–Kier alpha value is -2.79. The van der Waals surface area contributed by atoms with Crippen molar-refractivity contribution in [2.45, 2.75) is 42.0 Å². The molecule has 0 aliphatic carbocycles. The van der Waals surface area contributed by atoms with Gasteiger partial charge >= 0.3 is 6.09 Å². The van der Waals surface area contributed by atoms with Crippen molar-refractivity contribution in [3.63, 3.8) is 0 Å². The van der Waals surface area contributed by atoms with Gasteiger partial charge in [-0.2, -0.15) is 5.10 Å². The topological polar surface area (TPSA) is 94.4 Å². The maximum atomic E-state index is 14.5. The summed E-state index contributed by atoms with van der Waals surface area (Å²) >= 11 is 0.886. The molecule has 3 rings (SSSR count). The van der Waals surface area contributed by atoms with E-state index in [1.807, 2.05) is 0 Å². The Balaban J connectivity index is 2.05. The Morgan fingerprint density at radius 2 is 1.97 bits per heavy atom. The summed E-state index contributed by atoms with van der Waals surface area (Å²) in [5.41, 5.74) is -0.617. The van der Waals surface area contributed by atoms with Gasteiger partial charge in [0.2, 0.25) is 9.84 Å². The molecule has 0 radical (unpaired) electrons. The number of carbonyl (C=O) groups is 1. The molecule has 0 spiro atoms. The summed E-state index contributed by atoms with van der Waals surface area (Å²) in [6, 6.07) is 5.82. The summed E-state index contributed by atoms with van der Waals surface area (Å²) in [4.78, 5) is 17.9. The zero-order chi connectivity index (χ0) is 23.0. The van der Waals surface area contributed by atoms with Crippen LogP contribution in [0.25, 0.3) is 11.3 Å². The largest absolute Gasteiger partial charge is 0.444 e. The van der Waals surface area contributed by atoms with Crippen molar-refractivity contribution in [1.29, 1.82) is 0 Å². The summed E-state index contributed by atoms with van der Waals surface area (Å²) in [6.45, 7) is 5.24. The fourth-order valence-electron chi connectivity index (χ4n) is 2.67. The molecule has 0 bridgehead atoms. The first-order chi connectivity index (χ1) is 14.4. The smallest absolute Gasteiger partial charge is 0.410 e. The van der Waals surface area contributed by atoms with Crippen LogP contribution in [0.1, 0.15) is 25.8 Å². The third kappa shape index (κ3) is 5.10. The number of hydrogen-bond donors (Lipinski definition) is 0. The normalized spacial score (nSPS) is 12.1. The number of halogens is 1. The molecule has 0 unspecified atom stereocenters. The number of sulfone groups is 1. The van der Waals surface area contributed by atoms with Crippen molar-refractivity contribution in [2.75, 3.05) is 7.05 Å².